The fourth-order valence-electron chi connectivity index (χ4n) is 1.63. The number of ether oxygens (including phenoxy) is 2. The van der Waals surface area contributed by atoms with Crippen LogP contribution in [0.2, 0.25) is 0 Å². The van der Waals surface area contributed by atoms with Crippen molar-refractivity contribution in [2.45, 2.75) is 38.7 Å². The molecule has 0 aromatic heterocycles. The van der Waals surface area contributed by atoms with Gasteiger partial charge in [-0.3, -0.25) is 0 Å². The van der Waals surface area contributed by atoms with Gasteiger partial charge in [0.25, 0.3) is 0 Å². The molecule has 0 saturated carbocycles. The largest absolute Gasteiger partial charge is 0.497 e. The van der Waals surface area contributed by atoms with Crippen LogP contribution in [0.1, 0.15) is 33.3 Å². The van der Waals surface area contributed by atoms with Gasteiger partial charge in [0, 0.05) is 5.56 Å². The minimum atomic E-state index is -1.24. The Balaban J connectivity index is 3.00. The van der Waals surface area contributed by atoms with E-state index >= 15 is 0 Å². The molecular formula is C15H24O4. The predicted octanol–water partition coefficient (Wildman–Crippen LogP) is 2.11. The number of hydrogen-bond acceptors (Lipinski definition) is 4. The van der Waals surface area contributed by atoms with E-state index in [1.54, 1.807) is 7.11 Å². The number of aliphatic hydroxyl groups excluding tert-OH is 1. The molecule has 1 aromatic rings. The van der Waals surface area contributed by atoms with Gasteiger partial charge in [-0.15, -0.1) is 0 Å². The molecule has 1 rings (SSSR count). The van der Waals surface area contributed by atoms with Gasteiger partial charge < -0.3 is 19.7 Å². The smallest absolute Gasteiger partial charge is 0.123 e. The van der Waals surface area contributed by atoms with Gasteiger partial charge in [-0.1, -0.05) is 20.8 Å². The Morgan fingerprint density at radius 3 is 2.26 bits per heavy atom. The van der Waals surface area contributed by atoms with Gasteiger partial charge in [0.1, 0.15) is 23.7 Å². The first-order valence-electron chi connectivity index (χ1n) is 6.34. The van der Waals surface area contributed by atoms with Gasteiger partial charge >= 0.3 is 0 Å². The van der Waals surface area contributed by atoms with Crippen LogP contribution in [-0.4, -0.2) is 36.1 Å². The van der Waals surface area contributed by atoms with E-state index < -0.39 is 5.60 Å². The Kier molecular flexibility index (Phi) is 4.82. The summed E-state index contributed by atoms with van der Waals surface area (Å²) in [5, 5.41) is 18.8. The molecule has 4 heteroatoms. The molecule has 0 amide bonds. The molecule has 1 atom stereocenters. The highest BCUT2D eigenvalue weighted by atomic mass is 16.5. The number of aliphatic hydroxyl groups is 2. The zero-order valence-corrected chi connectivity index (χ0v) is 12.4. The average Bonchev–Trinajstić information content (AvgIpc) is 2.35. The van der Waals surface area contributed by atoms with E-state index in [1.807, 2.05) is 18.2 Å². The summed E-state index contributed by atoms with van der Waals surface area (Å²) in [5.41, 5.74) is -0.343. The molecule has 0 bridgehead atoms. The second-order valence-electron chi connectivity index (χ2n) is 6.06. The maximum absolute atomic E-state index is 9.78. The van der Waals surface area contributed by atoms with E-state index in [2.05, 4.69) is 20.8 Å². The van der Waals surface area contributed by atoms with Gasteiger partial charge in [0.15, 0.2) is 0 Å². The Bertz CT molecular complexity index is 419. The molecular weight excluding hydrogens is 244 g/mol. The molecule has 1 aromatic carbocycles. The third kappa shape index (κ3) is 4.40. The highest BCUT2D eigenvalue weighted by molar-refractivity contribution is 5.44. The van der Waals surface area contributed by atoms with Crippen LogP contribution in [0.5, 0.6) is 11.5 Å². The Labute approximate surface area is 115 Å². The number of methoxy groups -OCH3 is 1. The van der Waals surface area contributed by atoms with E-state index in [9.17, 15) is 5.11 Å². The number of rotatable bonds is 5. The number of benzene rings is 1. The monoisotopic (exact) mass is 268 g/mol. The van der Waals surface area contributed by atoms with Crippen molar-refractivity contribution in [3.63, 3.8) is 0 Å². The van der Waals surface area contributed by atoms with Crippen molar-refractivity contribution in [1.82, 2.24) is 0 Å². The summed E-state index contributed by atoms with van der Waals surface area (Å²) in [6.07, 6.45) is 0. The first kappa shape index (κ1) is 15.8. The predicted molar refractivity (Wildman–Crippen MR) is 74.9 cm³/mol. The highest BCUT2D eigenvalue weighted by Crippen LogP contribution is 2.34. The van der Waals surface area contributed by atoms with Crippen LogP contribution in [0.25, 0.3) is 0 Å². The second kappa shape index (κ2) is 5.80. The van der Waals surface area contributed by atoms with Crippen molar-refractivity contribution in [1.29, 1.82) is 0 Å². The normalized spacial score (nSPS) is 14.9. The Hall–Kier alpha value is -1.26. The van der Waals surface area contributed by atoms with Crippen LogP contribution in [-0.2, 0) is 5.41 Å². The molecule has 19 heavy (non-hydrogen) atoms. The standard InChI is InChI=1S/C15H24O4/c1-14(2,3)12-8-11(18-5)6-7-13(12)19-10-15(4,17)9-16/h6-8,16-17H,9-10H2,1-5H3/t15-/m1/s1. The lowest BCUT2D eigenvalue weighted by Crippen LogP contribution is -2.36. The lowest BCUT2D eigenvalue weighted by Gasteiger charge is -2.26. The first-order valence-corrected chi connectivity index (χ1v) is 6.34. The van der Waals surface area contributed by atoms with Gasteiger partial charge in [0.2, 0.25) is 0 Å². The van der Waals surface area contributed by atoms with E-state index in [0.29, 0.717) is 5.75 Å². The van der Waals surface area contributed by atoms with Crippen LogP contribution in [0.4, 0.5) is 0 Å². The minimum absolute atomic E-state index is 0.0406. The van der Waals surface area contributed by atoms with Crippen LogP contribution in [0.15, 0.2) is 18.2 Å². The summed E-state index contributed by atoms with van der Waals surface area (Å²) >= 11 is 0. The van der Waals surface area contributed by atoms with Crippen molar-refractivity contribution in [3.05, 3.63) is 23.8 Å². The van der Waals surface area contributed by atoms with Gasteiger partial charge in [-0.25, -0.2) is 0 Å². The molecule has 0 unspecified atom stereocenters. The van der Waals surface area contributed by atoms with Crippen LogP contribution in [0.3, 0.4) is 0 Å². The first-order chi connectivity index (χ1) is 8.69. The topological polar surface area (TPSA) is 58.9 Å². The van der Waals surface area contributed by atoms with E-state index in [4.69, 9.17) is 14.6 Å². The third-order valence-corrected chi connectivity index (χ3v) is 2.87. The fourth-order valence-corrected chi connectivity index (χ4v) is 1.63. The molecule has 0 aliphatic heterocycles. The fraction of sp³-hybridized carbons (Fsp3) is 0.600. The molecule has 0 saturated heterocycles. The lowest BCUT2D eigenvalue weighted by atomic mass is 9.86. The van der Waals surface area contributed by atoms with Crippen molar-refractivity contribution in [3.8, 4) is 11.5 Å². The summed E-state index contributed by atoms with van der Waals surface area (Å²) in [6.45, 7) is 7.48. The van der Waals surface area contributed by atoms with E-state index in [1.165, 1.54) is 6.92 Å². The zero-order valence-electron chi connectivity index (χ0n) is 12.4. The Morgan fingerprint density at radius 2 is 1.79 bits per heavy atom. The Morgan fingerprint density at radius 1 is 1.16 bits per heavy atom. The van der Waals surface area contributed by atoms with Crippen LogP contribution < -0.4 is 9.47 Å². The quantitative estimate of drug-likeness (QED) is 0.858. The summed E-state index contributed by atoms with van der Waals surface area (Å²) in [6, 6.07) is 5.58. The van der Waals surface area contributed by atoms with Crippen molar-refractivity contribution >= 4 is 0 Å². The summed E-state index contributed by atoms with van der Waals surface area (Å²) < 4.78 is 10.9. The maximum atomic E-state index is 9.78. The molecule has 0 radical (unpaired) electrons. The summed E-state index contributed by atoms with van der Waals surface area (Å²) in [5.74, 6) is 1.47. The molecule has 2 N–H and O–H groups in total. The summed E-state index contributed by atoms with van der Waals surface area (Å²) in [7, 11) is 1.62. The minimum Gasteiger partial charge on any atom is -0.497 e. The van der Waals surface area contributed by atoms with Crippen LogP contribution in [0, 0.1) is 0 Å². The molecule has 0 aliphatic carbocycles. The molecule has 0 fully saturated rings. The van der Waals surface area contributed by atoms with Crippen molar-refractivity contribution in [2.75, 3.05) is 20.3 Å². The molecule has 108 valence electrons. The molecule has 0 spiro atoms. The number of hydrogen-bond donors (Lipinski definition) is 2. The van der Waals surface area contributed by atoms with Gasteiger partial charge in [-0.2, -0.15) is 0 Å². The van der Waals surface area contributed by atoms with Crippen molar-refractivity contribution < 1.29 is 19.7 Å². The van der Waals surface area contributed by atoms with Crippen LogP contribution >= 0.6 is 0 Å². The van der Waals surface area contributed by atoms with E-state index in [0.717, 1.165) is 11.3 Å². The highest BCUT2D eigenvalue weighted by Gasteiger charge is 2.24. The molecule has 0 aliphatic rings. The average molecular weight is 268 g/mol. The van der Waals surface area contributed by atoms with E-state index in [-0.39, 0.29) is 18.6 Å². The molecule has 4 nitrogen and oxygen atoms in total. The second-order valence-corrected chi connectivity index (χ2v) is 6.06. The van der Waals surface area contributed by atoms with Gasteiger partial charge in [0.05, 0.1) is 13.7 Å². The van der Waals surface area contributed by atoms with Gasteiger partial charge in [-0.05, 0) is 30.5 Å². The zero-order chi connectivity index (χ0) is 14.7. The molecule has 0 heterocycles. The SMILES string of the molecule is COc1ccc(OC[C@](C)(O)CO)c(C(C)(C)C)c1. The lowest BCUT2D eigenvalue weighted by molar-refractivity contribution is -0.0328. The van der Waals surface area contributed by atoms with Crippen molar-refractivity contribution in [2.24, 2.45) is 0 Å². The summed E-state index contributed by atoms with van der Waals surface area (Å²) in [4.78, 5) is 0. The third-order valence-electron chi connectivity index (χ3n) is 2.87. The maximum Gasteiger partial charge on any atom is 0.123 e.